The Balaban J connectivity index is -0.000000289. The molecule has 0 spiro atoms. The van der Waals surface area contributed by atoms with E-state index in [1.807, 2.05) is 0 Å². The number of nitrogens with zero attached hydrogens (tertiary/aromatic N) is 2. The van der Waals surface area contributed by atoms with Crippen LogP contribution in [0.1, 0.15) is 77.0 Å². The smallest absolute Gasteiger partial charge is 0.303 e. The summed E-state index contributed by atoms with van der Waals surface area (Å²) in [4.78, 5) is 49.4. The first-order valence-electron chi connectivity index (χ1n) is 11.6. The van der Waals surface area contributed by atoms with Crippen LogP contribution in [0.15, 0.2) is 9.98 Å². The van der Waals surface area contributed by atoms with Crippen molar-refractivity contribution < 1.29 is 39.6 Å². The molecule has 12 nitrogen and oxygen atoms in total. The van der Waals surface area contributed by atoms with Crippen LogP contribution >= 0.6 is 48.8 Å². The van der Waals surface area contributed by atoms with Crippen molar-refractivity contribution in [2.75, 3.05) is 24.6 Å². The maximum absolute atomic E-state index is 10.3. The molecule has 0 aromatic heterocycles. The van der Waals surface area contributed by atoms with Gasteiger partial charge in [-0.3, -0.25) is 29.2 Å². The number of thiol groups is 2. The molecule has 0 unspecified atom stereocenters. The van der Waals surface area contributed by atoms with E-state index in [4.69, 9.17) is 20.4 Å². The Hall–Kier alpha value is -1.46. The molecule has 16 heteroatoms. The average Bonchev–Trinajstić information content (AvgIpc) is 2.77. The lowest BCUT2D eigenvalue weighted by molar-refractivity contribution is -0.138. The Kier molecular flexibility index (Phi) is 36.4. The van der Waals surface area contributed by atoms with Crippen molar-refractivity contribution in [3.63, 3.8) is 0 Å². The zero-order valence-corrected chi connectivity index (χ0v) is 25.2. The number of aliphatic carboxylic acids is 4. The first kappa shape index (κ1) is 43.6. The topological polar surface area (TPSA) is 244 Å². The Morgan fingerprint density at radius 2 is 0.763 bits per heavy atom. The van der Waals surface area contributed by atoms with E-state index in [-0.39, 0.29) is 38.0 Å². The SMILES string of the molecule is N.N.O=C(O)CCCCN=C(S)SCCCCC(=O)O.O=C(O)CCCCN=C(S)SCCCCC(=O)O. The van der Waals surface area contributed by atoms with Gasteiger partial charge in [-0.2, -0.15) is 0 Å². The molecule has 0 heterocycles. The van der Waals surface area contributed by atoms with E-state index in [1.54, 1.807) is 0 Å². The molecule has 224 valence electrons. The summed E-state index contributed by atoms with van der Waals surface area (Å²) in [7, 11) is 0. The van der Waals surface area contributed by atoms with Crippen molar-refractivity contribution >= 4 is 81.4 Å². The summed E-state index contributed by atoms with van der Waals surface area (Å²) in [5.74, 6) is -1.47. The summed E-state index contributed by atoms with van der Waals surface area (Å²) in [5.41, 5.74) is 0. The van der Waals surface area contributed by atoms with Gasteiger partial charge in [-0.25, -0.2) is 0 Å². The minimum Gasteiger partial charge on any atom is -0.481 e. The minimum absolute atomic E-state index is 0. The number of carboxylic acid groups (broad SMARTS) is 4. The second kappa shape index (κ2) is 31.8. The fraction of sp³-hybridized carbons (Fsp3) is 0.727. The highest BCUT2D eigenvalue weighted by molar-refractivity contribution is 8.32. The lowest BCUT2D eigenvalue weighted by Gasteiger charge is -2.00. The molecule has 0 aromatic rings. The van der Waals surface area contributed by atoms with E-state index in [0.717, 1.165) is 37.2 Å². The van der Waals surface area contributed by atoms with Gasteiger partial charge in [-0.05, 0) is 62.9 Å². The number of hydrogen-bond acceptors (Lipinski definition) is 10. The van der Waals surface area contributed by atoms with Crippen molar-refractivity contribution in [3.8, 4) is 0 Å². The third-order valence-corrected chi connectivity index (χ3v) is 6.94. The van der Waals surface area contributed by atoms with Crippen LogP contribution < -0.4 is 12.3 Å². The van der Waals surface area contributed by atoms with Crippen molar-refractivity contribution in [1.29, 1.82) is 0 Å². The largest absolute Gasteiger partial charge is 0.481 e. The monoisotopic (exact) mass is 620 g/mol. The van der Waals surface area contributed by atoms with Crippen molar-refractivity contribution in [2.45, 2.75) is 77.0 Å². The third-order valence-electron chi connectivity index (χ3n) is 4.12. The average molecular weight is 621 g/mol. The minimum atomic E-state index is -0.780. The Labute approximate surface area is 244 Å². The van der Waals surface area contributed by atoms with E-state index < -0.39 is 23.9 Å². The van der Waals surface area contributed by atoms with Gasteiger partial charge < -0.3 is 32.7 Å². The van der Waals surface area contributed by atoms with Crippen LogP contribution in [0.3, 0.4) is 0 Å². The van der Waals surface area contributed by atoms with Gasteiger partial charge in [0.25, 0.3) is 0 Å². The van der Waals surface area contributed by atoms with Gasteiger partial charge in [0, 0.05) is 38.8 Å². The Morgan fingerprint density at radius 1 is 0.500 bits per heavy atom. The molecule has 0 amide bonds. The zero-order valence-electron chi connectivity index (χ0n) is 21.8. The van der Waals surface area contributed by atoms with E-state index in [0.29, 0.717) is 47.5 Å². The molecule has 0 bridgehead atoms. The molecule has 0 rings (SSSR count). The van der Waals surface area contributed by atoms with Crippen molar-refractivity contribution in [1.82, 2.24) is 12.3 Å². The van der Waals surface area contributed by atoms with Gasteiger partial charge in [0.2, 0.25) is 0 Å². The molecule has 0 saturated carbocycles. The van der Waals surface area contributed by atoms with Crippen molar-refractivity contribution in [3.05, 3.63) is 0 Å². The Morgan fingerprint density at radius 3 is 1.03 bits per heavy atom. The quantitative estimate of drug-likeness (QED) is 0.0371. The molecule has 0 aliphatic carbocycles. The van der Waals surface area contributed by atoms with Crippen LogP contribution in [0.5, 0.6) is 0 Å². The van der Waals surface area contributed by atoms with Gasteiger partial charge in [0.1, 0.15) is 8.75 Å². The van der Waals surface area contributed by atoms with E-state index in [1.165, 1.54) is 23.5 Å². The first-order chi connectivity index (χ1) is 17.0. The number of carbonyl (C=O) groups is 4. The van der Waals surface area contributed by atoms with Gasteiger partial charge >= 0.3 is 23.9 Å². The molecular weight excluding hydrogens is 577 g/mol. The highest BCUT2D eigenvalue weighted by Gasteiger charge is 2.00. The van der Waals surface area contributed by atoms with Gasteiger partial charge in [0.15, 0.2) is 0 Å². The second-order valence-corrected chi connectivity index (χ2v) is 11.0. The van der Waals surface area contributed by atoms with Crippen molar-refractivity contribution in [2.24, 2.45) is 9.98 Å². The normalized spacial score (nSPS) is 10.9. The predicted molar refractivity (Wildman–Crippen MR) is 163 cm³/mol. The molecule has 0 fully saturated rings. The molecule has 0 saturated heterocycles. The fourth-order valence-corrected chi connectivity index (χ4v) is 4.48. The number of carboxylic acids is 4. The molecule has 0 aliphatic heterocycles. The number of thioether (sulfide) groups is 2. The maximum Gasteiger partial charge on any atom is 0.303 e. The van der Waals surface area contributed by atoms with Crippen LogP contribution in [0, 0.1) is 0 Å². The molecule has 0 aromatic carbocycles. The van der Waals surface area contributed by atoms with Gasteiger partial charge in [-0.15, -0.1) is 48.8 Å². The molecule has 0 aliphatic rings. The molecule has 38 heavy (non-hydrogen) atoms. The summed E-state index contributed by atoms with van der Waals surface area (Å²) >= 11 is 11.4. The number of aliphatic imine (C=N–C) groups is 2. The summed E-state index contributed by atoms with van der Waals surface area (Å²) in [6.45, 7) is 1.18. The molecule has 10 N–H and O–H groups in total. The number of hydrogen-bond donors (Lipinski definition) is 8. The highest BCUT2D eigenvalue weighted by Crippen LogP contribution is 2.13. The lowest BCUT2D eigenvalue weighted by Crippen LogP contribution is -1.96. The lowest BCUT2D eigenvalue weighted by atomic mass is 10.2. The van der Waals surface area contributed by atoms with E-state index in [2.05, 4.69) is 35.2 Å². The maximum atomic E-state index is 10.3. The van der Waals surface area contributed by atoms with E-state index in [9.17, 15) is 19.2 Å². The van der Waals surface area contributed by atoms with Gasteiger partial charge in [0.05, 0.1) is 0 Å². The third kappa shape index (κ3) is 41.7. The van der Waals surface area contributed by atoms with Gasteiger partial charge in [-0.1, -0.05) is 0 Å². The molecule has 0 radical (unpaired) electrons. The van der Waals surface area contributed by atoms with Crippen LogP contribution in [-0.2, 0) is 19.2 Å². The first-order valence-corrected chi connectivity index (χ1v) is 14.5. The van der Waals surface area contributed by atoms with Crippen LogP contribution in [0.4, 0.5) is 0 Å². The zero-order chi connectivity index (χ0) is 27.6. The summed E-state index contributed by atoms with van der Waals surface area (Å²) in [5, 5.41) is 33.7. The fourth-order valence-electron chi connectivity index (χ4n) is 2.30. The molecule has 0 atom stereocenters. The van der Waals surface area contributed by atoms with Crippen LogP contribution in [-0.4, -0.2) is 77.7 Å². The number of rotatable bonds is 20. The highest BCUT2D eigenvalue weighted by atomic mass is 32.2. The van der Waals surface area contributed by atoms with Crippen LogP contribution in [0.25, 0.3) is 0 Å². The standard InChI is InChI=1S/2C11H19NO4S2.2H3N/c2*13-9(14)5-1-3-7-12-11(17)18-8-4-2-6-10(15)16;;/h2*1-8H2,(H,12,17)(H,13,14)(H,15,16);2*1H3. The Bertz CT molecular complexity index is 655. The van der Waals surface area contributed by atoms with Crippen LogP contribution in [0.2, 0.25) is 0 Å². The number of unbranched alkanes of at least 4 members (excludes halogenated alkanes) is 4. The summed E-state index contributed by atoms with van der Waals surface area (Å²) in [6.07, 6.45) is 6.51. The second-order valence-electron chi connectivity index (χ2n) is 7.43. The van der Waals surface area contributed by atoms with E-state index >= 15 is 0 Å². The summed E-state index contributed by atoms with van der Waals surface area (Å²) in [6, 6.07) is 0. The summed E-state index contributed by atoms with van der Waals surface area (Å²) < 4.78 is 1.36. The predicted octanol–water partition coefficient (Wildman–Crippen LogP) is 5.35. The molecular formula is C22H44N4O8S4.